The Morgan fingerprint density at radius 1 is 1.11 bits per heavy atom. The lowest BCUT2D eigenvalue weighted by Gasteiger charge is -2.22. The van der Waals surface area contributed by atoms with Crippen LogP contribution in [0.5, 0.6) is 0 Å². The zero-order chi connectivity index (χ0) is 13.6. The second kappa shape index (κ2) is 4.75. The molecule has 104 valence electrons. The van der Waals surface area contributed by atoms with Crippen molar-refractivity contribution in [2.24, 2.45) is 23.7 Å². The number of carbonyl (C=O) groups excluding carboxylic acids is 2. The van der Waals surface area contributed by atoms with Gasteiger partial charge in [-0.25, -0.2) is 0 Å². The van der Waals surface area contributed by atoms with Gasteiger partial charge in [-0.05, 0) is 31.3 Å². The van der Waals surface area contributed by atoms with Crippen LogP contribution in [0.1, 0.15) is 20.3 Å². The van der Waals surface area contributed by atoms with Crippen LogP contribution in [0.4, 0.5) is 0 Å². The lowest BCUT2D eigenvalue weighted by molar-refractivity contribution is -0.140. The summed E-state index contributed by atoms with van der Waals surface area (Å²) in [6.07, 6.45) is 5.30. The number of likely N-dealkylation sites (N-methyl/N-ethyl adjacent to an activating group) is 1. The van der Waals surface area contributed by atoms with Crippen LogP contribution >= 0.6 is 0 Å². The van der Waals surface area contributed by atoms with Crippen molar-refractivity contribution in [3.63, 3.8) is 0 Å². The highest BCUT2D eigenvalue weighted by atomic mass is 16.2. The first kappa shape index (κ1) is 12.9. The molecule has 0 N–H and O–H groups in total. The molecule has 2 amide bonds. The van der Waals surface area contributed by atoms with Gasteiger partial charge in [-0.3, -0.25) is 14.5 Å². The number of carbonyl (C=O) groups is 2. The fourth-order valence-corrected chi connectivity index (χ4v) is 3.97. The van der Waals surface area contributed by atoms with Crippen LogP contribution in [0.3, 0.4) is 0 Å². The molecule has 3 rings (SSSR count). The third kappa shape index (κ3) is 1.84. The number of imide groups is 1. The molecule has 1 heterocycles. The zero-order valence-electron chi connectivity index (χ0n) is 11.7. The Morgan fingerprint density at radius 3 is 2.11 bits per heavy atom. The van der Waals surface area contributed by atoms with Crippen LogP contribution in [-0.4, -0.2) is 47.8 Å². The zero-order valence-corrected chi connectivity index (χ0v) is 11.7. The van der Waals surface area contributed by atoms with Crippen molar-refractivity contribution >= 4 is 11.8 Å². The Balaban J connectivity index is 1.69. The summed E-state index contributed by atoms with van der Waals surface area (Å²) in [6.45, 7) is 7.50. The fraction of sp³-hybridized carbons (Fsp3) is 0.733. The van der Waals surface area contributed by atoms with Gasteiger partial charge in [-0.2, -0.15) is 0 Å². The lowest BCUT2D eigenvalue weighted by atomic mass is 9.85. The molecule has 2 aliphatic carbocycles. The number of rotatable bonds is 5. The molecule has 4 atom stereocenters. The van der Waals surface area contributed by atoms with E-state index < -0.39 is 0 Å². The first-order valence-corrected chi connectivity index (χ1v) is 7.43. The predicted molar refractivity (Wildman–Crippen MR) is 72.2 cm³/mol. The first-order valence-electron chi connectivity index (χ1n) is 7.43. The highest BCUT2D eigenvalue weighted by molar-refractivity contribution is 6.06. The van der Waals surface area contributed by atoms with E-state index in [4.69, 9.17) is 0 Å². The highest BCUT2D eigenvalue weighted by Crippen LogP contribution is 2.52. The van der Waals surface area contributed by atoms with Gasteiger partial charge in [-0.15, -0.1) is 0 Å². The van der Waals surface area contributed by atoms with E-state index in [1.54, 1.807) is 0 Å². The molecule has 0 radical (unpaired) electrons. The average molecular weight is 262 g/mol. The summed E-state index contributed by atoms with van der Waals surface area (Å²) in [6, 6.07) is 0. The van der Waals surface area contributed by atoms with Crippen LogP contribution in [0, 0.1) is 23.7 Å². The Kier molecular flexibility index (Phi) is 3.21. The van der Waals surface area contributed by atoms with Gasteiger partial charge >= 0.3 is 0 Å². The molecule has 0 unspecified atom stereocenters. The van der Waals surface area contributed by atoms with Gasteiger partial charge in [0, 0.05) is 13.1 Å². The molecule has 0 aromatic carbocycles. The molecule has 1 saturated heterocycles. The van der Waals surface area contributed by atoms with E-state index in [2.05, 4.69) is 30.9 Å². The molecular weight excluding hydrogens is 240 g/mol. The highest BCUT2D eigenvalue weighted by Gasteiger charge is 2.58. The van der Waals surface area contributed by atoms with Crippen molar-refractivity contribution in [2.45, 2.75) is 20.3 Å². The Labute approximate surface area is 114 Å². The summed E-state index contributed by atoms with van der Waals surface area (Å²) in [5.74, 6) is 0.728. The first-order chi connectivity index (χ1) is 9.17. The predicted octanol–water partition coefficient (Wildman–Crippen LogP) is 1.14. The second-order valence-electron chi connectivity index (χ2n) is 5.85. The smallest absolute Gasteiger partial charge is 0.233 e. The number of likely N-dealkylation sites (tertiary alicyclic amines) is 1. The standard InChI is InChI=1S/C15H22N2O2/c1-3-16(4-2)7-8-17-14(18)12-10-5-6-11(9-10)13(12)15(17)19/h5-6,10-13H,3-4,7-9H2,1-2H3/t10-,11-,12-,13-/m0/s1. The summed E-state index contributed by atoms with van der Waals surface area (Å²) >= 11 is 0. The van der Waals surface area contributed by atoms with E-state index in [1.165, 1.54) is 4.90 Å². The summed E-state index contributed by atoms with van der Waals surface area (Å²) in [7, 11) is 0. The molecule has 2 bridgehead atoms. The molecule has 19 heavy (non-hydrogen) atoms. The quantitative estimate of drug-likeness (QED) is 0.551. The maximum absolute atomic E-state index is 12.4. The average Bonchev–Trinajstić information content (AvgIpc) is 3.08. The van der Waals surface area contributed by atoms with Crippen molar-refractivity contribution in [1.29, 1.82) is 0 Å². The molecule has 3 aliphatic rings. The number of hydrogen-bond donors (Lipinski definition) is 0. The molecule has 1 aliphatic heterocycles. The number of fused-ring (bicyclic) bond motifs is 5. The van der Waals surface area contributed by atoms with Crippen LogP contribution in [0.15, 0.2) is 12.2 Å². The summed E-state index contributed by atoms with van der Waals surface area (Å²) in [5, 5.41) is 0. The van der Waals surface area contributed by atoms with Crippen LogP contribution in [0.25, 0.3) is 0 Å². The molecule has 0 aromatic rings. The van der Waals surface area contributed by atoms with E-state index in [-0.39, 0.29) is 23.7 Å². The van der Waals surface area contributed by atoms with Gasteiger partial charge in [0.15, 0.2) is 0 Å². The van der Waals surface area contributed by atoms with E-state index in [9.17, 15) is 9.59 Å². The summed E-state index contributed by atoms with van der Waals surface area (Å²) in [5.41, 5.74) is 0. The maximum Gasteiger partial charge on any atom is 0.233 e. The minimum Gasteiger partial charge on any atom is -0.302 e. The van der Waals surface area contributed by atoms with Gasteiger partial charge < -0.3 is 4.90 Å². The Morgan fingerprint density at radius 2 is 1.63 bits per heavy atom. The van der Waals surface area contributed by atoms with Gasteiger partial charge in [-0.1, -0.05) is 26.0 Å². The SMILES string of the molecule is CCN(CC)CCN1C(=O)[C@@H]2[C@@H](C1=O)[C@H]1C=C[C@H]2C1. The van der Waals surface area contributed by atoms with Crippen LogP contribution in [0.2, 0.25) is 0 Å². The van der Waals surface area contributed by atoms with Crippen molar-refractivity contribution < 1.29 is 9.59 Å². The largest absolute Gasteiger partial charge is 0.302 e. The molecule has 0 aromatic heterocycles. The lowest BCUT2D eigenvalue weighted by Crippen LogP contribution is -2.39. The van der Waals surface area contributed by atoms with E-state index >= 15 is 0 Å². The molecular formula is C15H22N2O2. The maximum atomic E-state index is 12.4. The third-order valence-corrected chi connectivity index (χ3v) is 5.10. The molecule has 4 nitrogen and oxygen atoms in total. The molecule has 1 saturated carbocycles. The van der Waals surface area contributed by atoms with E-state index in [0.29, 0.717) is 18.4 Å². The van der Waals surface area contributed by atoms with Crippen molar-refractivity contribution in [2.75, 3.05) is 26.2 Å². The van der Waals surface area contributed by atoms with Crippen molar-refractivity contribution in [3.05, 3.63) is 12.2 Å². The van der Waals surface area contributed by atoms with Gasteiger partial charge in [0.1, 0.15) is 0 Å². The normalized spacial score (nSPS) is 35.8. The summed E-state index contributed by atoms with van der Waals surface area (Å²) < 4.78 is 0. The summed E-state index contributed by atoms with van der Waals surface area (Å²) in [4.78, 5) is 28.6. The van der Waals surface area contributed by atoms with E-state index in [1.807, 2.05) is 0 Å². The monoisotopic (exact) mass is 262 g/mol. The van der Waals surface area contributed by atoms with E-state index in [0.717, 1.165) is 26.1 Å². The van der Waals surface area contributed by atoms with Crippen molar-refractivity contribution in [1.82, 2.24) is 9.80 Å². The Bertz CT molecular complexity index is 398. The van der Waals surface area contributed by atoms with Gasteiger partial charge in [0.2, 0.25) is 11.8 Å². The molecule has 2 fully saturated rings. The topological polar surface area (TPSA) is 40.6 Å². The van der Waals surface area contributed by atoms with Gasteiger partial charge in [0.05, 0.1) is 11.8 Å². The van der Waals surface area contributed by atoms with Crippen molar-refractivity contribution in [3.8, 4) is 0 Å². The minimum absolute atomic E-state index is 0.0424. The number of allylic oxidation sites excluding steroid dienone is 2. The number of nitrogens with zero attached hydrogens (tertiary/aromatic N) is 2. The van der Waals surface area contributed by atoms with Crippen LogP contribution in [-0.2, 0) is 9.59 Å². The third-order valence-electron chi connectivity index (χ3n) is 5.10. The fourth-order valence-electron chi connectivity index (χ4n) is 3.97. The minimum atomic E-state index is -0.0424. The number of amides is 2. The number of hydrogen-bond acceptors (Lipinski definition) is 3. The second-order valence-corrected chi connectivity index (χ2v) is 5.85. The van der Waals surface area contributed by atoms with Crippen LogP contribution < -0.4 is 0 Å². The van der Waals surface area contributed by atoms with Gasteiger partial charge in [0.25, 0.3) is 0 Å². The molecule has 0 spiro atoms. The Hall–Kier alpha value is -1.16. The molecule has 4 heteroatoms.